The summed E-state index contributed by atoms with van der Waals surface area (Å²) in [6.45, 7) is 0. The van der Waals surface area contributed by atoms with Crippen molar-refractivity contribution in [2.45, 2.75) is 37.1 Å². The Balaban J connectivity index is 1.79. The third-order valence-corrected chi connectivity index (χ3v) is 5.97. The molecule has 3 aliphatic carbocycles. The molecule has 1 heterocycles. The lowest BCUT2D eigenvalue weighted by Gasteiger charge is -2.38. The first-order valence-electron chi connectivity index (χ1n) is 8.40. The fraction of sp³-hybridized carbons (Fsp3) is 0.421. The smallest absolute Gasteiger partial charge is 0.196 e. The molecule has 5 rings (SSSR count). The molecule has 25 heavy (non-hydrogen) atoms. The Kier molecular flexibility index (Phi) is 2.79. The molecule has 6 heteroatoms. The Morgan fingerprint density at radius 2 is 2.00 bits per heavy atom. The van der Waals surface area contributed by atoms with Crippen molar-refractivity contribution in [3.63, 3.8) is 0 Å². The van der Waals surface area contributed by atoms with E-state index >= 15 is 0 Å². The first-order chi connectivity index (χ1) is 12.0. The van der Waals surface area contributed by atoms with Crippen LogP contribution in [0.25, 0.3) is 0 Å². The van der Waals surface area contributed by atoms with Crippen LogP contribution in [-0.2, 0) is 14.3 Å². The molecule has 128 valence electrons. The number of ether oxygens (including phenoxy) is 2. The second-order valence-electron chi connectivity index (χ2n) is 7.09. The van der Waals surface area contributed by atoms with E-state index in [0.717, 1.165) is 0 Å². The van der Waals surface area contributed by atoms with E-state index in [1.54, 1.807) is 0 Å². The van der Waals surface area contributed by atoms with Gasteiger partial charge in [-0.2, -0.15) is 0 Å². The van der Waals surface area contributed by atoms with E-state index in [4.69, 9.17) is 9.47 Å². The van der Waals surface area contributed by atoms with Crippen molar-refractivity contribution in [2.24, 2.45) is 5.92 Å². The maximum atomic E-state index is 13.2. The maximum Gasteiger partial charge on any atom is 0.196 e. The van der Waals surface area contributed by atoms with Gasteiger partial charge in [-0.25, -0.2) is 0 Å². The molecular formula is C19H16O6. The summed E-state index contributed by atoms with van der Waals surface area (Å²) in [5.74, 6) is -1.82. The number of epoxide rings is 1. The highest BCUT2D eigenvalue weighted by molar-refractivity contribution is 6.30. The maximum absolute atomic E-state index is 13.2. The Morgan fingerprint density at radius 3 is 2.76 bits per heavy atom. The van der Waals surface area contributed by atoms with Gasteiger partial charge in [-0.05, 0) is 18.9 Å². The minimum absolute atomic E-state index is 0.00953. The average molecular weight is 340 g/mol. The molecule has 1 aliphatic heterocycles. The fourth-order valence-corrected chi connectivity index (χ4v) is 4.91. The van der Waals surface area contributed by atoms with Crippen LogP contribution in [-0.4, -0.2) is 47.4 Å². The number of hydrogen-bond acceptors (Lipinski definition) is 6. The van der Waals surface area contributed by atoms with Crippen LogP contribution in [0.15, 0.2) is 29.3 Å². The van der Waals surface area contributed by atoms with E-state index in [1.165, 1.54) is 25.3 Å². The summed E-state index contributed by atoms with van der Waals surface area (Å²) in [4.78, 5) is 39.0. The summed E-state index contributed by atoms with van der Waals surface area (Å²) in [6, 6.07) is 4.42. The monoisotopic (exact) mass is 340 g/mol. The van der Waals surface area contributed by atoms with Crippen LogP contribution in [0.2, 0.25) is 0 Å². The number of rotatable bonds is 1. The average Bonchev–Trinajstić information content (AvgIpc) is 3.30. The first-order valence-corrected chi connectivity index (χ1v) is 8.40. The van der Waals surface area contributed by atoms with Gasteiger partial charge in [0, 0.05) is 30.2 Å². The lowest BCUT2D eigenvalue weighted by molar-refractivity contribution is -0.125. The second-order valence-corrected chi connectivity index (χ2v) is 7.09. The quantitative estimate of drug-likeness (QED) is 0.781. The number of aromatic hydroxyl groups is 1. The molecule has 1 aromatic rings. The zero-order chi connectivity index (χ0) is 17.5. The molecule has 0 aromatic heterocycles. The highest BCUT2D eigenvalue weighted by Crippen LogP contribution is 2.60. The van der Waals surface area contributed by atoms with Gasteiger partial charge in [0.15, 0.2) is 11.6 Å². The highest BCUT2D eigenvalue weighted by Gasteiger charge is 2.73. The Labute approximate surface area is 143 Å². The van der Waals surface area contributed by atoms with Gasteiger partial charge in [0.05, 0.1) is 11.5 Å². The molecule has 0 unspecified atom stereocenters. The minimum atomic E-state index is -0.709. The van der Waals surface area contributed by atoms with E-state index < -0.39 is 29.5 Å². The number of phenolic OH excluding ortho intramolecular Hbond substituents is 1. The standard InChI is InChI=1S/C19H16O6/c1-24-17-13-12(14-10(21)6-3-7-19(14)18(17)25-19)15(22)8-4-2-5-9(20)11(8)16(13)23/h2,4-5,14,17-18,20H,3,6-7H2,1H3/t14-,17+,18-,19+/m0/s1. The highest BCUT2D eigenvalue weighted by atomic mass is 16.6. The van der Waals surface area contributed by atoms with Crippen LogP contribution >= 0.6 is 0 Å². The van der Waals surface area contributed by atoms with Gasteiger partial charge in [0.25, 0.3) is 0 Å². The van der Waals surface area contributed by atoms with Crippen LogP contribution in [0, 0.1) is 5.92 Å². The van der Waals surface area contributed by atoms with E-state index in [0.29, 0.717) is 19.3 Å². The summed E-state index contributed by atoms with van der Waals surface area (Å²) in [7, 11) is 1.47. The number of methoxy groups -OCH3 is 1. The van der Waals surface area contributed by atoms with Gasteiger partial charge in [-0.3, -0.25) is 14.4 Å². The number of Topliss-reactive ketones (excluding diaryl/α,β-unsaturated/α-hetero) is 3. The fourth-order valence-electron chi connectivity index (χ4n) is 4.91. The molecule has 2 fully saturated rings. The van der Waals surface area contributed by atoms with Crippen molar-refractivity contribution in [1.29, 1.82) is 0 Å². The summed E-state index contributed by atoms with van der Waals surface area (Å²) < 4.78 is 11.4. The molecule has 0 bridgehead atoms. The SMILES string of the molecule is CO[C@@H]1C2=C(C(=O)c3cccc(O)c3C2=O)[C@@H]2C(=O)CCC[C@@]23O[C@@H]13. The third kappa shape index (κ3) is 1.64. The number of benzene rings is 1. The van der Waals surface area contributed by atoms with E-state index in [1.807, 2.05) is 0 Å². The van der Waals surface area contributed by atoms with Crippen molar-refractivity contribution in [1.82, 2.24) is 0 Å². The summed E-state index contributed by atoms with van der Waals surface area (Å²) in [6.07, 6.45) is 0.686. The number of ketones is 3. The van der Waals surface area contributed by atoms with Gasteiger partial charge in [0.1, 0.15) is 29.3 Å². The molecule has 1 aromatic carbocycles. The molecule has 0 amide bonds. The van der Waals surface area contributed by atoms with Crippen LogP contribution in [0.3, 0.4) is 0 Å². The van der Waals surface area contributed by atoms with Gasteiger partial charge in [-0.15, -0.1) is 0 Å². The zero-order valence-electron chi connectivity index (χ0n) is 13.6. The Bertz CT molecular complexity index is 897. The number of fused-ring (bicyclic) bond motifs is 2. The zero-order valence-corrected chi connectivity index (χ0v) is 13.6. The van der Waals surface area contributed by atoms with Crippen molar-refractivity contribution >= 4 is 17.3 Å². The number of phenols is 1. The van der Waals surface area contributed by atoms with E-state index in [2.05, 4.69) is 0 Å². The number of carbonyl (C=O) groups excluding carboxylic acids is 3. The minimum Gasteiger partial charge on any atom is -0.507 e. The van der Waals surface area contributed by atoms with Crippen molar-refractivity contribution < 1.29 is 29.0 Å². The van der Waals surface area contributed by atoms with Gasteiger partial charge < -0.3 is 14.6 Å². The number of hydrogen-bond donors (Lipinski definition) is 1. The van der Waals surface area contributed by atoms with Gasteiger partial charge >= 0.3 is 0 Å². The molecule has 1 saturated carbocycles. The molecular weight excluding hydrogens is 324 g/mol. The molecule has 6 nitrogen and oxygen atoms in total. The number of carbonyl (C=O) groups is 3. The third-order valence-electron chi connectivity index (χ3n) is 5.97. The van der Waals surface area contributed by atoms with Crippen molar-refractivity contribution in [3.05, 3.63) is 40.5 Å². The van der Waals surface area contributed by atoms with Crippen molar-refractivity contribution in [3.8, 4) is 5.75 Å². The Morgan fingerprint density at radius 1 is 1.20 bits per heavy atom. The predicted octanol–water partition coefficient (Wildman–Crippen LogP) is 1.60. The summed E-state index contributed by atoms with van der Waals surface area (Å²) in [5.41, 5.74) is -0.178. The second kappa shape index (κ2) is 4.65. The lowest BCUT2D eigenvalue weighted by Crippen LogP contribution is -2.50. The molecule has 4 aliphatic rings. The first kappa shape index (κ1) is 15.0. The van der Waals surface area contributed by atoms with E-state index in [9.17, 15) is 19.5 Å². The van der Waals surface area contributed by atoms with Crippen molar-refractivity contribution in [2.75, 3.05) is 7.11 Å². The van der Waals surface area contributed by atoms with Gasteiger partial charge in [0.2, 0.25) is 0 Å². The van der Waals surface area contributed by atoms with Crippen LogP contribution in [0.5, 0.6) is 5.75 Å². The largest absolute Gasteiger partial charge is 0.507 e. The van der Waals surface area contributed by atoms with E-state index in [-0.39, 0.29) is 39.6 Å². The molecule has 4 atom stereocenters. The molecule has 1 spiro atoms. The molecule has 1 N–H and O–H groups in total. The van der Waals surface area contributed by atoms with Crippen LogP contribution in [0.4, 0.5) is 0 Å². The Hall–Kier alpha value is -2.31. The molecule has 1 saturated heterocycles. The summed E-state index contributed by atoms with van der Waals surface area (Å²) in [5, 5.41) is 10.1. The van der Waals surface area contributed by atoms with Crippen LogP contribution in [0.1, 0.15) is 40.0 Å². The van der Waals surface area contributed by atoms with Gasteiger partial charge in [-0.1, -0.05) is 12.1 Å². The lowest BCUT2D eigenvalue weighted by atomic mass is 9.62. The topological polar surface area (TPSA) is 93.2 Å². The predicted molar refractivity (Wildman–Crippen MR) is 84.5 cm³/mol. The normalized spacial score (nSPS) is 35.7. The summed E-state index contributed by atoms with van der Waals surface area (Å²) >= 11 is 0. The van der Waals surface area contributed by atoms with Crippen LogP contribution < -0.4 is 0 Å². The molecule has 0 radical (unpaired) electrons.